The largest absolute Gasteiger partial charge is 0.325 e. The Hall–Kier alpha value is -0.900. The van der Waals surface area contributed by atoms with E-state index in [1.807, 2.05) is 6.92 Å². The van der Waals surface area contributed by atoms with Crippen molar-refractivity contribution in [2.24, 2.45) is 16.7 Å². The first-order valence-electron chi connectivity index (χ1n) is 6.35. The first kappa shape index (κ1) is 14.5. The Bertz CT molecular complexity index is 537. The molecule has 0 bridgehead atoms. The fourth-order valence-electron chi connectivity index (χ4n) is 2.84. The Morgan fingerprint density at radius 1 is 1.26 bits per heavy atom. The molecule has 1 amide bonds. The van der Waals surface area contributed by atoms with Gasteiger partial charge in [0.25, 0.3) is 0 Å². The number of carbonyl (C=O) groups is 1. The maximum Gasteiger partial charge on any atom is 0.228 e. The molecule has 4 heteroatoms. The highest BCUT2D eigenvalue weighted by Gasteiger charge is 2.68. The molecule has 0 aliphatic heterocycles. The summed E-state index contributed by atoms with van der Waals surface area (Å²) < 4.78 is 13.9. The Labute approximate surface area is 121 Å². The maximum atomic E-state index is 13.5. The molecule has 0 heterocycles. The first-order chi connectivity index (χ1) is 8.59. The highest BCUT2D eigenvalue weighted by Crippen LogP contribution is 2.68. The first-order valence-corrected chi connectivity index (χ1v) is 7.15. The molecule has 0 saturated heterocycles. The summed E-state index contributed by atoms with van der Waals surface area (Å²) in [6, 6.07) is 3.04. The van der Waals surface area contributed by atoms with Crippen molar-refractivity contribution in [1.82, 2.24) is 0 Å². The lowest BCUT2D eigenvalue weighted by atomic mass is 10.0. The third-order valence-electron chi connectivity index (χ3n) is 4.81. The second kappa shape index (κ2) is 4.30. The fourth-order valence-corrected chi connectivity index (χ4v) is 3.30. The van der Waals surface area contributed by atoms with Crippen molar-refractivity contribution in [3.05, 3.63) is 28.0 Å². The van der Waals surface area contributed by atoms with E-state index in [-0.39, 0.29) is 28.5 Å². The van der Waals surface area contributed by atoms with Gasteiger partial charge in [-0.3, -0.25) is 4.79 Å². The molecule has 0 spiro atoms. The van der Waals surface area contributed by atoms with Crippen LogP contribution in [-0.4, -0.2) is 5.91 Å². The van der Waals surface area contributed by atoms with Crippen molar-refractivity contribution in [3.63, 3.8) is 0 Å². The van der Waals surface area contributed by atoms with Gasteiger partial charge in [-0.05, 0) is 51.4 Å². The summed E-state index contributed by atoms with van der Waals surface area (Å²) in [6.07, 6.45) is 0. The minimum atomic E-state index is -0.366. The van der Waals surface area contributed by atoms with E-state index in [4.69, 9.17) is 0 Å². The number of carbonyl (C=O) groups excluding carboxylic acids is 1. The van der Waals surface area contributed by atoms with Crippen LogP contribution in [0, 0.1) is 29.5 Å². The van der Waals surface area contributed by atoms with Crippen LogP contribution in [0.5, 0.6) is 0 Å². The zero-order valence-corrected chi connectivity index (χ0v) is 13.5. The summed E-state index contributed by atoms with van der Waals surface area (Å²) in [4.78, 5) is 12.3. The Morgan fingerprint density at radius 2 is 1.79 bits per heavy atom. The molecule has 0 unspecified atom stereocenters. The minimum absolute atomic E-state index is 0.0150. The van der Waals surface area contributed by atoms with E-state index in [1.165, 1.54) is 6.07 Å². The molecule has 2 nitrogen and oxygen atoms in total. The normalized spacial score (nSPS) is 20.2. The average Bonchev–Trinajstić information content (AvgIpc) is 2.66. The number of anilines is 1. The number of nitrogens with one attached hydrogen (secondary N) is 1. The molecule has 0 radical (unpaired) electrons. The lowest BCUT2D eigenvalue weighted by Crippen LogP contribution is -2.18. The van der Waals surface area contributed by atoms with Gasteiger partial charge in [0.1, 0.15) is 5.82 Å². The number of hydrogen-bond acceptors (Lipinski definition) is 1. The van der Waals surface area contributed by atoms with Gasteiger partial charge in [-0.15, -0.1) is 0 Å². The highest BCUT2D eigenvalue weighted by molar-refractivity contribution is 9.10. The van der Waals surface area contributed by atoms with E-state index in [0.29, 0.717) is 10.2 Å². The molecule has 1 fully saturated rings. The molecule has 104 valence electrons. The summed E-state index contributed by atoms with van der Waals surface area (Å²) in [5, 5.41) is 2.85. The summed E-state index contributed by atoms with van der Waals surface area (Å²) in [5.41, 5.74) is 1.36. The molecule has 1 aliphatic rings. The van der Waals surface area contributed by atoms with Gasteiger partial charge in [-0.2, -0.15) is 0 Å². The van der Waals surface area contributed by atoms with Crippen LogP contribution in [-0.2, 0) is 4.79 Å². The van der Waals surface area contributed by atoms with Crippen molar-refractivity contribution in [2.75, 3.05) is 5.32 Å². The maximum absolute atomic E-state index is 13.5. The molecule has 0 atom stereocenters. The average molecular weight is 328 g/mol. The third kappa shape index (κ3) is 2.20. The van der Waals surface area contributed by atoms with Crippen molar-refractivity contribution >= 4 is 27.5 Å². The van der Waals surface area contributed by atoms with E-state index in [2.05, 4.69) is 48.9 Å². The van der Waals surface area contributed by atoms with Crippen LogP contribution < -0.4 is 5.32 Å². The van der Waals surface area contributed by atoms with Crippen molar-refractivity contribution in [1.29, 1.82) is 0 Å². The van der Waals surface area contributed by atoms with Crippen molar-refractivity contribution in [2.45, 2.75) is 34.6 Å². The van der Waals surface area contributed by atoms with E-state index < -0.39 is 0 Å². The predicted molar refractivity (Wildman–Crippen MR) is 78.5 cm³/mol. The molecule has 1 saturated carbocycles. The predicted octanol–water partition coefficient (Wildman–Crippen LogP) is 4.52. The molecule has 1 aromatic carbocycles. The van der Waals surface area contributed by atoms with Crippen LogP contribution in [0.2, 0.25) is 0 Å². The van der Waals surface area contributed by atoms with Crippen LogP contribution in [0.15, 0.2) is 16.6 Å². The topological polar surface area (TPSA) is 29.1 Å². The molecular formula is C15H19BrFNO. The zero-order valence-electron chi connectivity index (χ0n) is 11.9. The Balaban J connectivity index is 2.20. The summed E-state index contributed by atoms with van der Waals surface area (Å²) in [7, 11) is 0. The summed E-state index contributed by atoms with van der Waals surface area (Å²) in [5.74, 6) is -0.429. The molecule has 1 aromatic rings. The smallest absolute Gasteiger partial charge is 0.228 e. The second-order valence-corrected chi connectivity index (χ2v) is 7.30. The fraction of sp³-hybridized carbons (Fsp3) is 0.533. The number of rotatable bonds is 2. The van der Waals surface area contributed by atoms with Gasteiger partial charge in [0.2, 0.25) is 5.91 Å². The van der Waals surface area contributed by atoms with Crippen LogP contribution in [0.3, 0.4) is 0 Å². The van der Waals surface area contributed by atoms with Gasteiger partial charge >= 0.3 is 0 Å². The standard InChI is InChI=1S/C15H19BrFNO/c1-8-6-9(16)10(17)7-11(8)18-13(19)12-14(2,3)15(12,4)5/h6-7,12H,1-5H3,(H,18,19). The van der Waals surface area contributed by atoms with Gasteiger partial charge in [-0.25, -0.2) is 4.39 Å². The van der Waals surface area contributed by atoms with E-state index in [9.17, 15) is 9.18 Å². The van der Waals surface area contributed by atoms with Crippen molar-refractivity contribution in [3.8, 4) is 0 Å². The SMILES string of the molecule is Cc1cc(Br)c(F)cc1NC(=O)C1C(C)(C)C1(C)C. The number of hydrogen-bond donors (Lipinski definition) is 1. The van der Waals surface area contributed by atoms with Crippen LogP contribution in [0.4, 0.5) is 10.1 Å². The Morgan fingerprint density at radius 3 is 2.26 bits per heavy atom. The summed E-state index contributed by atoms with van der Waals surface area (Å²) >= 11 is 3.14. The molecule has 2 rings (SSSR count). The highest BCUT2D eigenvalue weighted by atomic mass is 79.9. The van der Waals surface area contributed by atoms with Gasteiger partial charge in [0.15, 0.2) is 0 Å². The number of benzene rings is 1. The third-order valence-corrected chi connectivity index (χ3v) is 5.42. The molecule has 1 N–H and O–H groups in total. The van der Waals surface area contributed by atoms with Gasteiger partial charge < -0.3 is 5.32 Å². The molecule has 19 heavy (non-hydrogen) atoms. The van der Waals surface area contributed by atoms with Crippen LogP contribution in [0.1, 0.15) is 33.3 Å². The van der Waals surface area contributed by atoms with E-state index >= 15 is 0 Å². The Kier molecular flexibility index (Phi) is 3.28. The minimum Gasteiger partial charge on any atom is -0.325 e. The lowest BCUT2D eigenvalue weighted by molar-refractivity contribution is -0.118. The van der Waals surface area contributed by atoms with E-state index in [0.717, 1.165) is 5.56 Å². The molecular weight excluding hydrogens is 309 g/mol. The van der Waals surface area contributed by atoms with Gasteiger partial charge in [0.05, 0.1) is 4.47 Å². The molecule has 1 aliphatic carbocycles. The molecule has 0 aromatic heterocycles. The zero-order chi connectivity index (χ0) is 14.6. The van der Waals surface area contributed by atoms with Gasteiger partial charge in [0, 0.05) is 11.6 Å². The summed E-state index contributed by atoms with van der Waals surface area (Å²) in [6.45, 7) is 10.2. The van der Waals surface area contributed by atoms with Crippen molar-refractivity contribution < 1.29 is 9.18 Å². The van der Waals surface area contributed by atoms with Crippen LogP contribution >= 0.6 is 15.9 Å². The number of halogens is 2. The number of aryl methyl sites for hydroxylation is 1. The lowest BCUT2D eigenvalue weighted by Gasteiger charge is -2.10. The quantitative estimate of drug-likeness (QED) is 0.850. The van der Waals surface area contributed by atoms with Crippen LogP contribution in [0.25, 0.3) is 0 Å². The number of amides is 1. The monoisotopic (exact) mass is 327 g/mol. The van der Waals surface area contributed by atoms with Gasteiger partial charge in [-0.1, -0.05) is 27.7 Å². The van der Waals surface area contributed by atoms with E-state index in [1.54, 1.807) is 6.07 Å². The second-order valence-electron chi connectivity index (χ2n) is 6.45.